The van der Waals surface area contributed by atoms with Gasteiger partial charge in [-0.05, 0) is 6.92 Å². The Balaban J connectivity index is 1.80. The summed E-state index contributed by atoms with van der Waals surface area (Å²) in [5.41, 5.74) is 5.96. The third kappa shape index (κ3) is 3.92. The lowest BCUT2D eigenvalue weighted by Gasteiger charge is -2.31. The van der Waals surface area contributed by atoms with Crippen LogP contribution in [0.1, 0.15) is 25.6 Å². The van der Waals surface area contributed by atoms with Crippen LogP contribution in [0.2, 0.25) is 0 Å². The molecule has 0 saturated carbocycles. The van der Waals surface area contributed by atoms with Crippen molar-refractivity contribution in [3.05, 3.63) is 11.7 Å². The molecule has 0 aliphatic carbocycles. The van der Waals surface area contributed by atoms with E-state index in [1.807, 2.05) is 18.7 Å². The van der Waals surface area contributed by atoms with E-state index in [0.29, 0.717) is 37.2 Å². The summed E-state index contributed by atoms with van der Waals surface area (Å²) in [6, 6.07) is 0. The third-order valence-corrected chi connectivity index (χ3v) is 2.99. The van der Waals surface area contributed by atoms with Crippen LogP contribution in [0.5, 0.6) is 0 Å². The molecule has 0 amide bonds. The molecule has 1 aliphatic rings. The highest BCUT2D eigenvalue weighted by Crippen LogP contribution is 2.04. The van der Waals surface area contributed by atoms with Gasteiger partial charge in [0.1, 0.15) is 0 Å². The summed E-state index contributed by atoms with van der Waals surface area (Å²) in [5, 5.41) is 3.88. The maximum atomic E-state index is 5.96. The van der Waals surface area contributed by atoms with Crippen LogP contribution in [0, 0.1) is 0 Å². The third-order valence-electron chi connectivity index (χ3n) is 2.99. The Hall–Kier alpha value is -1.63. The molecule has 1 aromatic heterocycles. The molecule has 0 spiro atoms. The predicted molar refractivity (Wildman–Crippen MR) is 70.9 cm³/mol. The summed E-state index contributed by atoms with van der Waals surface area (Å²) in [4.78, 5) is 10.6. The number of hydrogen-bond acceptors (Lipinski definition) is 5. The zero-order valence-electron chi connectivity index (χ0n) is 11.5. The van der Waals surface area contributed by atoms with Gasteiger partial charge in [0.15, 0.2) is 11.8 Å². The fourth-order valence-electron chi connectivity index (χ4n) is 1.93. The van der Waals surface area contributed by atoms with E-state index >= 15 is 0 Å². The largest absolute Gasteiger partial charge is 0.375 e. The van der Waals surface area contributed by atoms with Gasteiger partial charge in [-0.2, -0.15) is 4.98 Å². The van der Waals surface area contributed by atoms with Crippen LogP contribution in [0.25, 0.3) is 0 Å². The number of aromatic nitrogens is 2. The molecule has 1 unspecified atom stereocenters. The number of aliphatic imine (C=N–C) groups is 1. The van der Waals surface area contributed by atoms with Gasteiger partial charge in [-0.3, -0.25) is 4.99 Å². The maximum Gasteiger partial charge on any atom is 0.226 e. The summed E-state index contributed by atoms with van der Waals surface area (Å²) in [5.74, 6) is 1.91. The fraction of sp³-hybridized carbons (Fsp3) is 0.750. The molecule has 1 aliphatic heterocycles. The molecule has 1 atom stereocenters. The van der Waals surface area contributed by atoms with Gasteiger partial charge < -0.3 is 19.9 Å². The van der Waals surface area contributed by atoms with Crippen molar-refractivity contribution < 1.29 is 9.26 Å². The maximum absolute atomic E-state index is 5.96. The van der Waals surface area contributed by atoms with Gasteiger partial charge in [-0.25, -0.2) is 0 Å². The first-order chi connectivity index (χ1) is 9.19. The molecule has 1 fully saturated rings. The van der Waals surface area contributed by atoms with Gasteiger partial charge in [0, 0.05) is 32.5 Å². The van der Waals surface area contributed by atoms with Crippen molar-refractivity contribution >= 4 is 5.96 Å². The van der Waals surface area contributed by atoms with Gasteiger partial charge in [0.25, 0.3) is 0 Å². The van der Waals surface area contributed by atoms with Crippen molar-refractivity contribution in [2.75, 3.05) is 26.2 Å². The Labute approximate surface area is 112 Å². The number of rotatable bonds is 4. The molecule has 0 radical (unpaired) electrons. The first kappa shape index (κ1) is 13.8. The van der Waals surface area contributed by atoms with Gasteiger partial charge in [0.05, 0.1) is 12.7 Å². The molecule has 0 aromatic carbocycles. The van der Waals surface area contributed by atoms with E-state index in [-0.39, 0.29) is 6.10 Å². The summed E-state index contributed by atoms with van der Waals surface area (Å²) < 4.78 is 10.5. The number of guanidine groups is 1. The second-order valence-electron chi connectivity index (χ2n) is 4.58. The van der Waals surface area contributed by atoms with E-state index in [2.05, 4.69) is 15.1 Å². The molecule has 1 aromatic rings. The minimum absolute atomic E-state index is 0.201. The number of nitrogens with two attached hydrogens (primary N) is 1. The normalized spacial score (nSPS) is 20.8. The van der Waals surface area contributed by atoms with Crippen LogP contribution in [0.4, 0.5) is 0 Å². The van der Waals surface area contributed by atoms with E-state index in [1.54, 1.807) is 0 Å². The topological polar surface area (TPSA) is 89.8 Å². The lowest BCUT2D eigenvalue weighted by molar-refractivity contribution is 0.00530. The average molecular weight is 267 g/mol. The SMILES string of the molecule is CCc1nc(CCN=C(N)N2CCOC(C)C2)no1. The van der Waals surface area contributed by atoms with E-state index in [0.717, 1.165) is 19.5 Å². The second kappa shape index (κ2) is 6.51. The van der Waals surface area contributed by atoms with Crippen LogP contribution >= 0.6 is 0 Å². The number of aryl methyl sites for hydroxylation is 1. The van der Waals surface area contributed by atoms with E-state index < -0.39 is 0 Å². The lowest BCUT2D eigenvalue weighted by atomic mass is 10.3. The van der Waals surface area contributed by atoms with Crippen LogP contribution in [0.3, 0.4) is 0 Å². The van der Waals surface area contributed by atoms with Gasteiger partial charge in [-0.1, -0.05) is 12.1 Å². The van der Waals surface area contributed by atoms with Crippen LogP contribution in [-0.2, 0) is 17.6 Å². The first-order valence-electron chi connectivity index (χ1n) is 6.67. The molecular formula is C12H21N5O2. The Morgan fingerprint density at radius 1 is 1.58 bits per heavy atom. The molecule has 0 bridgehead atoms. The van der Waals surface area contributed by atoms with E-state index in [1.165, 1.54) is 0 Å². The van der Waals surface area contributed by atoms with Gasteiger partial charge in [-0.15, -0.1) is 0 Å². The average Bonchev–Trinajstić information content (AvgIpc) is 2.86. The minimum atomic E-state index is 0.201. The summed E-state index contributed by atoms with van der Waals surface area (Å²) in [6.45, 7) is 6.86. The van der Waals surface area contributed by atoms with E-state index in [9.17, 15) is 0 Å². The quantitative estimate of drug-likeness (QED) is 0.619. The summed E-state index contributed by atoms with van der Waals surface area (Å²) >= 11 is 0. The van der Waals surface area contributed by atoms with Crippen molar-refractivity contribution in [2.24, 2.45) is 10.7 Å². The van der Waals surface area contributed by atoms with Crippen LogP contribution < -0.4 is 5.73 Å². The number of ether oxygens (including phenoxy) is 1. The fourth-order valence-corrected chi connectivity index (χ4v) is 1.93. The Morgan fingerprint density at radius 3 is 3.11 bits per heavy atom. The van der Waals surface area contributed by atoms with Gasteiger partial charge in [0.2, 0.25) is 5.89 Å². The van der Waals surface area contributed by atoms with Crippen molar-refractivity contribution in [2.45, 2.75) is 32.8 Å². The molecular weight excluding hydrogens is 246 g/mol. The smallest absolute Gasteiger partial charge is 0.226 e. The second-order valence-corrected chi connectivity index (χ2v) is 4.58. The molecule has 1 saturated heterocycles. The highest BCUT2D eigenvalue weighted by molar-refractivity contribution is 5.78. The summed E-state index contributed by atoms with van der Waals surface area (Å²) in [6.07, 6.45) is 1.60. The molecule has 2 rings (SSSR count). The van der Waals surface area contributed by atoms with Crippen LogP contribution in [0.15, 0.2) is 9.52 Å². The summed E-state index contributed by atoms with van der Waals surface area (Å²) in [7, 11) is 0. The molecule has 106 valence electrons. The Bertz CT molecular complexity index is 432. The number of hydrogen-bond donors (Lipinski definition) is 1. The monoisotopic (exact) mass is 267 g/mol. The molecule has 7 heteroatoms. The van der Waals surface area contributed by atoms with Crippen molar-refractivity contribution in [3.8, 4) is 0 Å². The zero-order valence-corrected chi connectivity index (χ0v) is 11.5. The van der Waals surface area contributed by atoms with Crippen LogP contribution in [-0.4, -0.2) is 53.3 Å². The Morgan fingerprint density at radius 2 is 2.42 bits per heavy atom. The van der Waals surface area contributed by atoms with Crippen molar-refractivity contribution in [1.82, 2.24) is 15.0 Å². The molecule has 2 N–H and O–H groups in total. The standard InChI is InChI=1S/C12H21N5O2/c1-3-11-15-10(16-19-11)4-5-14-12(13)17-6-7-18-9(2)8-17/h9H,3-8H2,1-2H3,(H2,13,14). The first-order valence-corrected chi connectivity index (χ1v) is 6.67. The highest BCUT2D eigenvalue weighted by Gasteiger charge is 2.17. The number of morpholine rings is 1. The molecule has 7 nitrogen and oxygen atoms in total. The van der Waals surface area contributed by atoms with Gasteiger partial charge >= 0.3 is 0 Å². The predicted octanol–water partition coefficient (Wildman–Crippen LogP) is 0.210. The van der Waals surface area contributed by atoms with Crippen molar-refractivity contribution in [3.63, 3.8) is 0 Å². The van der Waals surface area contributed by atoms with Crippen molar-refractivity contribution in [1.29, 1.82) is 0 Å². The molecule has 19 heavy (non-hydrogen) atoms. The zero-order chi connectivity index (χ0) is 13.7. The lowest BCUT2D eigenvalue weighted by Crippen LogP contribution is -2.47. The minimum Gasteiger partial charge on any atom is -0.375 e. The molecule has 2 heterocycles. The highest BCUT2D eigenvalue weighted by atomic mass is 16.5. The Kier molecular flexibility index (Phi) is 4.73. The van der Waals surface area contributed by atoms with E-state index in [4.69, 9.17) is 15.0 Å². The number of nitrogens with zero attached hydrogens (tertiary/aromatic N) is 4.